The maximum atomic E-state index is 6.26. The Hall–Kier alpha value is -0.640. The average Bonchev–Trinajstić information content (AvgIpc) is 2.39. The molecular weight excluding hydrogens is 283 g/mol. The van der Waals surface area contributed by atoms with Gasteiger partial charge in [0.15, 0.2) is 5.76 Å². The molecule has 1 rings (SSSR count). The highest BCUT2D eigenvalue weighted by Gasteiger charge is 2.15. The van der Waals surface area contributed by atoms with E-state index >= 15 is 0 Å². The van der Waals surface area contributed by atoms with Crippen LogP contribution in [-0.4, -0.2) is 50.1 Å². The first-order valence-corrected chi connectivity index (χ1v) is 7.17. The highest BCUT2D eigenvalue weighted by Crippen LogP contribution is 2.25. The van der Waals surface area contributed by atoms with Crippen molar-refractivity contribution in [3.05, 3.63) is 34.2 Å². The van der Waals surface area contributed by atoms with E-state index in [1.807, 2.05) is 13.0 Å². The zero-order valence-corrected chi connectivity index (χ0v) is 13.4. The van der Waals surface area contributed by atoms with E-state index in [-0.39, 0.29) is 0 Å². The molecule has 0 aromatic carbocycles. The minimum Gasteiger partial charge on any atom is -0.494 e. The number of likely N-dealkylation sites (N-methyl/N-ethyl adjacent to an activating group) is 1. The van der Waals surface area contributed by atoms with E-state index in [1.165, 1.54) is 0 Å². The van der Waals surface area contributed by atoms with Crippen molar-refractivity contribution in [1.29, 1.82) is 0 Å². The second-order valence-electron chi connectivity index (χ2n) is 4.57. The number of rotatable bonds is 5. The van der Waals surface area contributed by atoms with E-state index in [4.69, 9.17) is 27.9 Å². The van der Waals surface area contributed by atoms with E-state index in [0.717, 1.165) is 31.9 Å². The second-order valence-corrected chi connectivity index (χ2v) is 5.43. The molecule has 0 atom stereocenters. The molecule has 108 valence electrons. The second kappa shape index (κ2) is 7.83. The van der Waals surface area contributed by atoms with Crippen LogP contribution in [0.15, 0.2) is 34.2 Å². The number of nitrogens with zero attached hydrogens (tertiary/aromatic N) is 2. The minimum absolute atomic E-state index is 0.498. The lowest BCUT2D eigenvalue weighted by Crippen LogP contribution is -2.43. The summed E-state index contributed by atoms with van der Waals surface area (Å²) in [7, 11) is 3.69. The Labute approximate surface area is 126 Å². The van der Waals surface area contributed by atoms with Crippen LogP contribution in [0.25, 0.3) is 0 Å². The molecule has 0 saturated carbocycles. The molecule has 1 saturated heterocycles. The lowest BCUT2D eigenvalue weighted by Gasteiger charge is -2.34. The Kier molecular flexibility index (Phi) is 6.76. The number of hydrogen-bond acceptors (Lipinski definition) is 3. The first-order chi connectivity index (χ1) is 8.99. The molecule has 0 bridgehead atoms. The molecule has 1 heterocycles. The van der Waals surface area contributed by atoms with Gasteiger partial charge in [0.2, 0.25) is 0 Å². The minimum atomic E-state index is 0.498. The molecule has 0 spiro atoms. The van der Waals surface area contributed by atoms with Gasteiger partial charge >= 0.3 is 0 Å². The van der Waals surface area contributed by atoms with Gasteiger partial charge in [-0.1, -0.05) is 36.7 Å². The van der Waals surface area contributed by atoms with Crippen molar-refractivity contribution in [3.8, 4) is 0 Å². The summed E-state index contributed by atoms with van der Waals surface area (Å²) in [4.78, 5) is 4.51. The maximum absolute atomic E-state index is 6.26. The third-order valence-electron chi connectivity index (χ3n) is 3.18. The zero-order valence-electron chi connectivity index (χ0n) is 11.9. The molecule has 0 amide bonds. The Morgan fingerprint density at radius 3 is 2.32 bits per heavy atom. The van der Waals surface area contributed by atoms with Crippen molar-refractivity contribution in [2.75, 3.05) is 40.3 Å². The third kappa shape index (κ3) is 4.75. The SMILES string of the molecule is C=C(/C=C(Cl)\C(OC)=C(\Cl)CC)N1CCN(C)CC1. The van der Waals surface area contributed by atoms with Crippen LogP contribution in [0.3, 0.4) is 0 Å². The van der Waals surface area contributed by atoms with Crippen LogP contribution in [0.5, 0.6) is 0 Å². The van der Waals surface area contributed by atoms with Crippen LogP contribution in [0.1, 0.15) is 13.3 Å². The number of halogens is 2. The van der Waals surface area contributed by atoms with Gasteiger partial charge in [-0.15, -0.1) is 0 Å². The van der Waals surface area contributed by atoms with Crippen LogP contribution in [-0.2, 0) is 4.74 Å². The molecule has 0 unspecified atom stereocenters. The summed E-state index contributed by atoms with van der Waals surface area (Å²) in [6.07, 6.45) is 2.51. The van der Waals surface area contributed by atoms with Crippen molar-refractivity contribution in [1.82, 2.24) is 9.80 Å². The highest BCUT2D eigenvalue weighted by molar-refractivity contribution is 6.35. The van der Waals surface area contributed by atoms with Crippen molar-refractivity contribution < 1.29 is 4.74 Å². The quantitative estimate of drug-likeness (QED) is 0.572. The first-order valence-electron chi connectivity index (χ1n) is 6.42. The molecule has 1 aliphatic heterocycles. The Bertz CT molecular complexity index is 383. The third-order valence-corrected chi connectivity index (χ3v) is 3.90. The molecule has 0 aliphatic carbocycles. The van der Waals surface area contributed by atoms with Gasteiger partial charge in [0.1, 0.15) is 0 Å². The van der Waals surface area contributed by atoms with Gasteiger partial charge in [-0.25, -0.2) is 0 Å². The summed E-state index contributed by atoms with van der Waals surface area (Å²) in [6.45, 7) is 10.0. The fourth-order valence-electron chi connectivity index (χ4n) is 1.90. The van der Waals surface area contributed by atoms with E-state index < -0.39 is 0 Å². The van der Waals surface area contributed by atoms with E-state index in [0.29, 0.717) is 22.2 Å². The van der Waals surface area contributed by atoms with Crippen molar-refractivity contribution in [3.63, 3.8) is 0 Å². The lowest BCUT2D eigenvalue weighted by molar-refractivity contribution is 0.190. The van der Waals surface area contributed by atoms with Crippen LogP contribution >= 0.6 is 23.2 Å². The molecule has 0 N–H and O–H groups in total. The van der Waals surface area contributed by atoms with E-state index in [2.05, 4.69) is 23.4 Å². The highest BCUT2D eigenvalue weighted by atomic mass is 35.5. The Balaban J connectivity index is 2.75. The molecule has 0 aromatic heterocycles. The van der Waals surface area contributed by atoms with E-state index in [1.54, 1.807) is 7.11 Å². The summed E-state index contributed by atoms with van der Waals surface area (Å²) in [5, 5.41) is 1.12. The smallest absolute Gasteiger partial charge is 0.151 e. The van der Waals surface area contributed by atoms with Gasteiger partial charge in [0.25, 0.3) is 0 Å². The normalized spacial score (nSPS) is 19.2. The topological polar surface area (TPSA) is 15.7 Å². The molecule has 1 aliphatic rings. The monoisotopic (exact) mass is 304 g/mol. The molecular formula is C14H22Cl2N2O. The van der Waals surface area contributed by atoms with Crippen molar-refractivity contribution >= 4 is 23.2 Å². The summed E-state index contributed by atoms with van der Waals surface area (Å²) < 4.78 is 5.25. The Morgan fingerprint density at radius 2 is 1.84 bits per heavy atom. The summed E-state index contributed by atoms with van der Waals surface area (Å²) in [5.41, 5.74) is 0.896. The molecule has 1 fully saturated rings. The molecule has 0 aromatic rings. The molecule has 0 radical (unpaired) electrons. The van der Waals surface area contributed by atoms with Crippen LogP contribution < -0.4 is 0 Å². The lowest BCUT2D eigenvalue weighted by atomic mass is 10.2. The van der Waals surface area contributed by atoms with Crippen LogP contribution in [0.2, 0.25) is 0 Å². The van der Waals surface area contributed by atoms with Gasteiger partial charge in [-0.05, 0) is 19.5 Å². The van der Waals surface area contributed by atoms with Gasteiger partial charge in [-0.2, -0.15) is 0 Å². The predicted molar refractivity (Wildman–Crippen MR) is 82.3 cm³/mol. The number of ether oxygens (including phenoxy) is 1. The Morgan fingerprint density at radius 1 is 1.26 bits per heavy atom. The number of piperazine rings is 1. The number of allylic oxidation sites excluding steroid dienone is 3. The molecule has 5 heteroatoms. The molecule has 19 heavy (non-hydrogen) atoms. The van der Waals surface area contributed by atoms with E-state index in [9.17, 15) is 0 Å². The van der Waals surface area contributed by atoms with Gasteiger partial charge in [-0.3, -0.25) is 0 Å². The summed E-state index contributed by atoms with van der Waals surface area (Å²) >= 11 is 12.4. The number of hydrogen-bond donors (Lipinski definition) is 0. The predicted octanol–water partition coefficient (Wildman–Crippen LogP) is 3.38. The fraction of sp³-hybridized carbons (Fsp3) is 0.571. The zero-order chi connectivity index (χ0) is 14.4. The molecule has 3 nitrogen and oxygen atoms in total. The van der Waals surface area contributed by atoms with Gasteiger partial charge in [0.05, 0.1) is 17.2 Å². The van der Waals surface area contributed by atoms with Gasteiger partial charge < -0.3 is 14.5 Å². The number of methoxy groups -OCH3 is 1. The largest absolute Gasteiger partial charge is 0.494 e. The standard InChI is InChI=1S/C14H22Cl2N2O/c1-5-12(15)14(19-4)13(16)10-11(2)18-8-6-17(3)7-9-18/h10H,2,5-9H2,1,3-4H3/b13-10+,14-12-. The average molecular weight is 305 g/mol. The summed E-state index contributed by atoms with van der Waals surface area (Å²) in [6, 6.07) is 0. The van der Waals surface area contributed by atoms with Crippen LogP contribution in [0, 0.1) is 0 Å². The van der Waals surface area contributed by atoms with Gasteiger partial charge in [0, 0.05) is 31.9 Å². The maximum Gasteiger partial charge on any atom is 0.151 e. The van der Waals surface area contributed by atoms with Crippen LogP contribution in [0.4, 0.5) is 0 Å². The summed E-state index contributed by atoms with van der Waals surface area (Å²) in [5.74, 6) is 0.529. The van der Waals surface area contributed by atoms with Crippen molar-refractivity contribution in [2.24, 2.45) is 0 Å². The fourth-order valence-corrected chi connectivity index (χ4v) is 2.44. The van der Waals surface area contributed by atoms with Crippen molar-refractivity contribution in [2.45, 2.75) is 13.3 Å². The first kappa shape index (κ1) is 16.4.